The molecule has 0 amide bonds. The van der Waals surface area contributed by atoms with E-state index in [-0.39, 0.29) is 71.8 Å². The molecular weight excluding hydrogens is 363 g/mol. The Kier molecular flexibility index (Phi) is 12.1. The second kappa shape index (κ2) is 9.19. The van der Waals surface area contributed by atoms with Gasteiger partial charge >= 0.3 is 6.18 Å². The maximum atomic E-state index is 11.7. The van der Waals surface area contributed by atoms with E-state index in [1.54, 1.807) is 0 Å². The van der Waals surface area contributed by atoms with Crippen molar-refractivity contribution in [2.45, 2.75) is 25.1 Å². The molecule has 0 aromatic heterocycles. The topological polar surface area (TPSA) is 28.2 Å². The van der Waals surface area contributed by atoms with Crippen molar-refractivity contribution in [2.75, 3.05) is 13.1 Å². The molecule has 2 nitrogen and oxygen atoms in total. The Labute approximate surface area is 134 Å². The fourth-order valence-corrected chi connectivity index (χ4v) is 3.02. The van der Waals surface area contributed by atoms with Gasteiger partial charge in [0.2, 0.25) is 0 Å². The first kappa shape index (κ1) is 18.5. The van der Waals surface area contributed by atoms with Crippen LogP contribution >= 0.6 is 0 Å². The van der Waals surface area contributed by atoms with Crippen molar-refractivity contribution in [3.05, 3.63) is 9.96 Å². The van der Waals surface area contributed by atoms with E-state index in [0.29, 0.717) is 6.04 Å². The third-order valence-corrected chi connectivity index (χ3v) is 3.99. The normalized spacial score (nSPS) is 17.4. The Hall–Kier alpha value is 2.13. The maximum absolute atomic E-state index is 11.7. The number of nitrogens with zero attached hydrogens (tertiary/aromatic N) is 2. The molecule has 1 fully saturated rings. The summed E-state index contributed by atoms with van der Waals surface area (Å²) in [6.07, 6.45) is -4.48. The summed E-state index contributed by atoms with van der Waals surface area (Å²) in [5.74, 6) is 0. The van der Waals surface area contributed by atoms with Gasteiger partial charge in [-0.3, -0.25) is 0 Å². The Morgan fingerprint density at radius 3 is 2.00 bits per heavy atom. The molecule has 0 N–H and O–H groups in total. The van der Waals surface area contributed by atoms with Crippen LogP contribution in [0.4, 0.5) is 13.2 Å². The van der Waals surface area contributed by atoms with E-state index in [1.807, 2.05) is 0 Å². The average Bonchev–Trinajstić information content (AvgIpc) is 2.36. The van der Waals surface area contributed by atoms with Gasteiger partial charge in [-0.2, -0.15) is 35.4 Å². The molecule has 1 aliphatic heterocycles. The molecular formula is C6H11F3N2SiY2-2. The van der Waals surface area contributed by atoms with Gasteiger partial charge in [0.15, 0.2) is 0 Å². The zero-order chi connectivity index (χ0) is 9.03. The van der Waals surface area contributed by atoms with Crippen molar-refractivity contribution in [2.24, 2.45) is 0 Å². The molecule has 2 radical (unpaired) electrons. The van der Waals surface area contributed by atoms with Gasteiger partial charge in [-0.05, 0) is 0 Å². The number of halogens is 3. The zero-order valence-electron chi connectivity index (χ0n) is 7.80. The van der Waals surface area contributed by atoms with Crippen LogP contribution in [0.25, 0.3) is 9.96 Å². The third kappa shape index (κ3) is 9.37. The fourth-order valence-electron chi connectivity index (χ4n) is 1.14. The van der Waals surface area contributed by atoms with E-state index in [0.717, 1.165) is 13.1 Å². The third-order valence-electron chi connectivity index (χ3n) is 1.70. The van der Waals surface area contributed by atoms with Crippen LogP contribution in [-0.2, 0) is 65.4 Å². The van der Waals surface area contributed by atoms with Crippen molar-refractivity contribution in [3.8, 4) is 0 Å². The van der Waals surface area contributed by atoms with Gasteiger partial charge in [-0.1, -0.05) is 12.5 Å². The van der Waals surface area contributed by atoms with Gasteiger partial charge in [-0.15, -0.1) is 0 Å². The first-order valence-corrected chi connectivity index (χ1v) is 5.83. The molecule has 1 saturated heterocycles. The molecule has 8 heteroatoms. The minimum atomic E-state index is -4.01. The van der Waals surface area contributed by atoms with Gasteiger partial charge < -0.3 is 9.96 Å². The second-order valence-corrected chi connectivity index (χ2v) is 5.07. The Morgan fingerprint density at radius 2 is 1.57 bits per heavy atom. The largest absolute Gasteiger partial charge is 0.684 e. The number of hydrogen-bond acceptors (Lipinski definition) is 0. The molecule has 1 aliphatic rings. The van der Waals surface area contributed by atoms with E-state index in [4.69, 9.17) is 0 Å². The monoisotopic (exact) mass is 374 g/mol. The summed E-state index contributed by atoms with van der Waals surface area (Å²) in [4.78, 5) is 8.32. The van der Waals surface area contributed by atoms with Gasteiger partial charge in [-0.25, -0.2) is 0 Å². The van der Waals surface area contributed by atoms with Gasteiger partial charge in [0, 0.05) is 71.8 Å². The van der Waals surface area contributed by atoms with Crippen LogP contribution in [0.15, 0.2) is 0 Å². The van der Waals surface area contributed by atoms with Gasteiger partial charge in [0.05, 0.1) is 0 Å². The van der Waals surface area contributed by atoms with Crippen LogP contribution in [0.3, 0.4) is 0 Å². The van der Waals surface area contributed by atoms with E-state index < -0.39 is 21.7 Å². The van der Waals surface area contributed by atoms with Crippen molar-refractivity contribution in [1.29, 1.82) is 0 Å². The molecule has 1 rings (SSSR count). The van der Waals surface area contributed by atoms with Crippen molar-refractivity contribution < 1.29 is 78.6 Å². The van der Waals surface area contributed by atoms with Crippen LogP contribution in [0.5, 0.6) is 0 Å². The minimum Gasteiger partial charge on any atom is -0.684 e. The van der Waals surface area contributed by atoms with Crippen molar-refractivity contribution in [3.63, 3.8) is 0 Å². The summed E-state index contributed by atoms with van der Waals surface area (Å²) >= 11 is 0. The fraction of sp³-hybridized carbons (Fsp3) is 1.00. The molecule has 0 bridgehead atoms. The summed E-state index contributed by atoms with van der Waals surface area (Å²) in [5.41, 5.74) is 0. The van der Waals surface area contributed by atoms with Crippen LogP contribution in [-0.4, -0.2) is 28.4 Å². The van der Waals surface area contributed by atoms with Crippen molar-refractivity contribution in [1.82, 2.24) is 0 Å². The summed E-state index contributed by atoms with van der Waals surface area (Å²) < 4.78 is 35.1. The summed E-state index contributed by atoms with van der Waals surface area (Å²) in [6.45, 7) is 1.48. The van der Waals surface area contributed by atoms with E-state index in [2.05, 4.69) is 9.96 Å². The second-order valence-electron chi connectivity index (χ2n) is 2.80. The first-order valence-electron chi connectivity index (χ1n) is 3.98. The van der Waals surface area contributed by atoms with E-state index in [1.165, 1.54) is 0 Å². The van der Waals surface area contributed by atoms with E-state index >= 15 is 0 Å². The summed E-state index contributed by atoms with van der Waals surface area (Å²) in [7, 11) is -1.42. The molecule has 78 valence electrons. The smallest absolute Gasteiger partial charge is 0.389 e. The van der Waals surface area contributed by atoms with Crippen LogP contribution in [0, 0.1) is 0 Å². The standard InChI is InChI=1S/C6H11F3N2Si.2Y/c7-6(8,9)2-1-5-12-10-3-4-11-12;;/h12H,1-5H2;;/q-2;;. The van der Waals surface area contributed by atoms with E-state index in [9.17, 15) is 13.2 Å². The molecule has 0 spiro atoms. The predicted octanol–water partition coefficient (Wildman–Crippen LogP) is 2.31. The molecule has 0 aromatic rings. The molecule has 0 atom stereocenters. The Bertz CT molecular complexity index is 142. The number of hydrogen-bond donors (Lipinski definition) is 0. The summed E-state index contributed by atoms with van der Waals surface area (Å²) in [5, 5.41) is 0. The van der Waals surface area contributed by atoms with Gasteiger partial charge in [0.1, 0.15) is 0 Å². The molecule has 0 unspecified atom stereocenters. The van der Waals surface area contributed by atoms with Crippen LogP contribution in [0.1, 0.15) is 12.8 Å². The van der Waals surface area contributed by atoms with Gasteiger partial charge in [0.25, 0.3) is 0 Å². The molecule has 14 heavy (non-hydrogen) atoms. The first-order chi connectivity index (χ1) is 5.58. The minimum absolute atomic E-state index is 0. The quantitative estimate of drug-likeness (QED) is 0.679. The molecule has 0 aliphatic carbocycles. The van der Waals surface area contributed by atoms with Crippen LogP contribution < -0.4 is 0 Å². The maximum Gasteiger partial charge on any atom is 0.389 e. The Balaban J connectivity index is 0. The van der Waals surface area contributed by atoms with Crippen LogP contribution in [0.2, 0.25) is 6.04 Å². The van der Waals surface area contributed by atoms with Crippen molar-refractivity contribution >= 4 is 9.12 Å². The Morgan fingerprint density at radius 1 is 1.07 bits per heavy atom. The summed E-state index contributed by atoms with van der Waals surface area (Å²) in [6, 6.07) is 0.583. The zero-order valence-corrected chi connectivity index (χ0v) is 14.6. The number of alkyl halides is 3. The molecule has 0 saturated carbocycles. The SMILES string of the molecule is FC(F)(F)CCC[SiH]1[N-]CC[N-]1.[Y].[Y]. The average molecular weight is 374 g/mol. The number of rotatable bonds is 3. The molecule has 0 aromatic carbocycles. The predicted molar refractivity (Wildman–Crippen MR) is 43.7 cm³/mol. The molecule has 1 heterocycles.